The van der Waals surface area contributed by atoms with Crippen molar-refractivity contribution in [2.75, 3.05) is 32.8 Å². The highest BCUT2D eigenvalue weighted by Gasteiger charge is 2.48. The maximum absolute atomic E-state index is 12.7. The van der Waals surface area contributed by atoms with Gasteiger partial charge in [-0.1, -0.05) is 48.5 Å². The van der Waals surface area contributed by atoms with Crippen LogP contribution in [-0.4, -0.2) is 60.6 Å². The Bertz CT molecular complexity index is 430. The van der Waals surface area contributed by atoms with Gasteiger partial charge in [0.15, 0.2) is 0 Å². The average molecular weight is 448 g/mol. The number of nitrogens with zero attached hydrogens (tertiary/aromatic N) is 1. The number of carbonyl (C=O) groups is 1. The highest BCUT2D eigenvalue weighted by molar-refractivity contribution is 6.78. The van der Waals surface area contributed by atoms with E-state index in [1.165, 1.54) is 0 Å². The zero-order chi connectivity index (χ0) is 22.7. The molecule has 0 aliphatic rings. The Labute approximate surface area is 183 Å². The van der Waals surface area contributed by atoms with Crippen LogP contribution < -0.4 is 0 Å². The summed E-state index contributed by atoms with van der Waals surface area (Å²) in [6.07, 6.45) is 1.51. The van der Waals surface area contributed by atoms with Crippen LogP contribution >= 0.6 is 0 Å². The Hall–Kier alpha value is -0.216. The monoisotopic (exact) mass is 447 g/mol. The molecule has 0 atom stereocenters. The van der Waals surface area contributed by atoms with E-state index >= 15 is 0 Å². The van der Waals surface area contributed by atoms with Gasteiger partial charge in [-0.3, -0.25) is 4.79 Å². The minimum atomic E-state index is -2.14. The number of hydrogen-bond donors (Lipinski definition) is 0. The third-order valence-electron chi connectivity index (χ3n) is 6.08. The maximum atomic E-state index is 12.7. The molecule has 0 aliphatic heterocycles. The van der Waals surface area contributed by atoms with Crippen LogP contribution in [0, 0.1) is 0 Å². The molecular formula is C22H49NO4Si2. The van der Waals surface area contributed by atoms with Crippen LogP contribution in [0.25, 0.3) is 0 Å². The average Bonchev–Trinajstić information content (AvgIpc) is 2.61. The van der Waals surface area contributed by atoms with Crippen LogP contribution in [0.5, 0.6) is 0 Å². The number of hydrogen-bond acceptors (Lipinski definition) is 5. The van der Waals surface area contributed by atoms with E-state index in [0.717, 1.165) is 32.1 Å². The van der Waals surface area contributed by atoms with E-state index in [1.807, 2.05) is 13.8 Å². The Morgan fingerprint density at radius 1 is 0.862 bits per heavy atom. The van der Waals surface area contributed by atoms with Crippen molar-refractivity contribution < 1.29 is 18.1 Å². The van der Waals surface area contributed by atoms with Gasteiger partial charge in [0.05, 0.1) is 6.42 Å². The normalized spacial score (nSPS) is 13.2. The highest BCUT2D eigenvalue weighted by Crippen LogP contribution is 2.42. The third-order valence-corrected chi connectivity index (χ3v) is 15.1. The molecule has 0 radical (unpaired) electrons. The highest BCUT2D eigenvalue weighted by atomic mass is 28.4. The van der Waals surface area contributed by atoms with Gasteiger partial charge in [-0.05, 0) is 62.6 Å². The SMILES string of the molecule is CCO[Si](C)(CCCN(CC)CCC(=O)O[Si](C(C)C)(C(C)C)C(C)C)OCC. The van der Waals surface area contributed by atoms with Crippen molar-refractivity contribution in [1.82, 2.24) is 4.90 Å². The minimum Gasteiger partial charge on any atom is -0.518 e. The quantitative estimate of drug-likeness (QED) is 0.273. The first-order chi connectivity index (χ1) is 13.5. The van der Waals surface area contributed by atoms with E-state index in [0.29, 0.717) is 36.3 Å². The lowest BCUT2D eigenvalue weighted by atomic mass is 10.3. The van der Waals surface area contributed by atoms with Gasteiger partial charge in [0, 0.05) is 19.8 Å². The molecule has 0 aromatic heterocycles. The smallest absolute Gasteiger partial charge is 0.334 e. The predicted octanol–water partition coefficient (Wildman–Crippen LogP) is 5.95. The van der Waals surface area contributed by atoms with E-state index in [9.17, 15) is 4.79 Å². The summed E-state index contributed by atoms with van der Waals surface area (Å²) >= 11 is 0. The van der Waals surface area contributed by atoms with Crippen molar-refractivity contribution in [2.45, 2.75) is 104 Å². The molecule has 0 saturated heterocycles. The van der Waals surface area contributed by atoms with Gasteiger partial charge >= 0.3 is 8.56 Å². The van der Waals surface area contributed by atoms with E-state index in [1.54, 1.807) is 0 Å². The molecule has 0 saturated carbocycles. The summed E-state index contributed by atoms with van der Waals surface area (Å²) in [6.45, 7) is 25.8. The van der Waals surface area contributed by atoms with E-state index in [4.69, 9.17) is 13.3 Å². The predicted molar refractivity (Wildman–Crippen MR) is 128 cm³/mol. The Balaban J connectivity index is 4.71. The van der Waals surface area contributed by atoms with Crippen molar-refractivity contribution in [3.8, 4) is 0 Å². The summed E-state index contributed by atoms with van der Waals surface area (Å²) in [5.41, 5.74) is 1.27. The van der Waals surface area contributed by atoms with Crippen LogP contribution in [0.3, 0.4) is 0 Å². The molecule has 0 heterocycles. The van der Waals surface area contributed by atoms with Gasteiger partial charge in [-0.25, -0.2) is 0 Å². The molecule has 0 N–H and O–H groups in total. The van der Waals surface area contributed by atoms with Crippen LogP contribution in [0.1, 0.15) is 75.2 Å². The second-order valence-corrected chi connectivity index (χ2v) is 17.8. The second kappa shape index (κ2) is 14.0. The standard InChI is InChI=1S/C22H49NO4Si2/c1-11-23(16-14-18-28(10,25-12-2)26-13-3)17-15-22(24)27-29(19(4)5,20(6)7)21(8)9/h19-21H,11-18H2,1-10H3. The molecular weight excluding hydrogens is 398 g/mol. The molecule has 0 rings (SSSR count). The number of carbonyl (C=O) groups excluding carboxylic acids is 1. The molecule has 174 valence electrons. The Kier molecular flexibility index (Phi) is 13.9. The fourth-order valence-electron chi connectivity index (χ4n) is 4.70. The maximum Gasteiger partial charge on any atom is 0.334 e. The zero-order valence-electron chi connectivity index (χ0n) is 21.0. The summed E-state index contributed by atoms with van der Waals surface area (Å²) in [6, 6.07) is 0.986. The van der Waals surface area contributed by atoms with Crippen molar-refractivity contribution in [3.63, 3.8) is 0 Å². The van der Waals surface area contributed by atoms with Gasteiger partial charge in [-0.2, -0.15) is 0 Å². The molecule has 0 spiro atoms. The van der Waals surface area contributed by atoms with Gasteiger partial charge in [0.2, 0.25) is 0 Å². The van der Waals surface area contributed by atoms with Crippen molar-refractivity contribution in [3.05, 3.63) is 0 Å². The lowest BCUT2D eigenvalue weighted by molar-refractivity contribution is -0.136. The second-order valence-electron chi connectivity index (χ2n) is 9.08. The molecule has 0 fully saturated rings. The topological polar surface area (TPSA) is 48.0 Å². The summed E-state index contributed by atoms with van der Waals surface area (Å²) in [4.78, 5) is 15.1. The molecule has 29 heavy (non-hydrogen) atoms. The van der Waals surface area contributed by atoms with E-state index in [-0.39, 0.29) is 5.97 Å². The molecule has 0 aromatic carbocycles. The lowest BCUT2D eigenvalue weighted by Crippen LogP contribution is -2.49. The molecule has 0 aromatic rings. The van der Waals surface area contributed by atoms with E-state index in [2.05, 4.69) is 59.9 Å². The Morgan fingerprint density at radius 2 is 1.34 bits per heavy atom. The first kappa shape index (κ1) is 28.8. The van der Waals surface area contributed by atoms with Gasteiger partial charge in [0.25, 0.3) is 14.3 Å². The summed E-state index contributed by atoms with van der Waals surface area (Å²) in [5, 5.41) is 0. The van der Waals surface area contributed by atoms with Crippen molar-refractivity contribution >= 4 is 22.8 Å². The largest absolute Gasteiger partial charge is 0.518 e. The molecule has 0 amide bonds. The van der Waals surface area contributed by atoms with E-state index < -0.39 is 16.9 Å². The fraction of sp³-hybridized carbons (Fsp3) is 0.955. The van der Waals surface area contributed by atoms with Crippen molar-refractivity contribution in [2.24, 2.45) is 0 Å². The third kappa shape index (κ3) is 9.21. The Morgan fingerprint density at radius 3 is 1.72 bits per heavy atom. The lowest BCUT2D eigenvalue weighted by Gasteiger charge is -2.41. The molecule has 7 heteroatoms. The first-order valence-corrected chi connectivity index (χ1v) is 16.4. The van der Waals surface area contributed by atoms with Crippen molar-refractivity contribution in [1.29, 1.82) is 0 Å². The summed E-state index contributed by atoms with van der Waals surface area (Å²) in [5.74, 6) is -0.0194. The first-order valence-electron chi connectivity index (χ1n) is 11.7. The minimum absolute atomic E-state index is 0.0194. The molecule has 0 aliphatic carbocycles. The summed E-state index contributed by atoms with van der Waals surface area (Å²) in [7, 11) is -4.19. The van der Waals surface area contributed by atoms with Crippen LogP contribution in [0.4, 0.5) is 0 Å². The number of rotatable bonds is 16. The van der Waals surface area contributed by atoms with Gasteiger partial charge in [-0.15, -0.1) is 0 Å². The zero-order valence-corrected chi connectivity index (χ0v) is 23.0. The summed E-state index contributed by atoms with van der Waals surface area (Å²) < 4.78 is 18.1. The van der Waals surface area contributed by atoms with Gasteiger partial charge < -0.3 is 18.2 Å². The van der Waals surface area contributed by atoms with Crippen LogP contribution in [0.2, 0.25) is 29.2 Å². The van der Waals surface area contributed by atoms with Gasteiger partial charge in [0.1, 0.15) is 0 Å². The van der Waals surface area contributed by atoms with Crippen LogP contribution in [-0.2, 0) is 18.1 Å². The molecule has 5 nitrogen and oxygen atoms in total. The van der Waals surface area contributed by atoms with Crippen LogP contribution in [0.15, 0.2) is 0 Å². The molecule has 0 bridgehead atoms. The fourth-order valence-corrected chi connectivity index (χ4v) is 12.3. The molecule has 0 unspecified atom stereocenters.